The third-order valence-corrected chi connectivity index (χ3v) is 6.33. The zero-order valence-electron chi connectivity index (χ0n) is 17.9. The van der Waals surface area contributed by atoms with E-state index in [1.807, 2.05) is 4.90 Å². The van der Waals surface area contributed by atoms with Gasteiger partial charge in [-0.25, -0.2) is 4.39 Å². The van der Waals surface area contributed by atoms with Gasteiger partial charge in [0.05, 0.1) is 0 Å². The lowest BCUT2D eigenvalue weighted by Crippen LogP contribution is -2.41. The van der Waals surface area contributed by atoms with E-state index in [9.17, 15) is 14.0 Å². The molecule has 0 unspecified atom stereocenters. The molecule has 2 saturated heterocycles. The Kier molecular flexibility index (Phi) is 6.97. The first-order valence-electron chi connectivity index (χ1n) is 11.3. The number of rotatable bonds is 5. The van der Waals surface area contributed by atoms with Crippen LogP contribution in [0.4, 0.5) is 4.39 Å². The average Bonchev–Trinajstić information content (AvgIpc) is 3.00. The summed E-state index contributed by atoms with van der Waals surface area (Å²) in [7, 11) is 0. The van der Waals surface area contributed by atoms with Crippen molar-refractivity contribution < 1.29 is 14.0 Å². The van der Waals surface area contributed by atoms with Crippen molar-refractivity contribution >= 4 is 11.8 Å². The molecule has 0 N–H and O–H groups in total. The van der Waals surface area contributed by atoms with Gasteiger partial charge in [-0.05, 0) is 49.7 Å². The third kappa shape index (κ3) is 5.31. The van der Waals surface area contributed by atoms with Gasteiger partial charge < -0.3 is 14.7 Å². The van der Waals surface area contributed by atoms with Crippen molar-refractivity contribution in [1.82, 2.24) is 14.7 Å². The predicted octanol–water partition coefficient (Wildman–Crippen LogP) is 3.65. The van der Waals surface area contributed by atoms with Gasteiger partial charge >= 0.3 is 0 Å². The molecule has 164 valence electrons. The highest BCUT2D eigenvalue weighted by atomic mass is 19.1. The van der Waals surface area contributed by atoms with E-state index in [2.05, 4.69) is 4.90 Å². The average molecular weight is 424 g/mol. The summed E-state index contributed by atoms with van der Waals surface area (Å²) in [5.74, 6) is -0.231. The minimum atomic E-state index is -0.280. The van der Waals surface area contributed by atoms with Crippen LogP contribution in [-0.2, 0) is 4.79 Å². The number of benzene rings is 2. The van der Waals surface area contributed by atoms with Gasteiger partial charge in [-0.3, -0.25) is 9.59 Å². The summed E-state index contributed by atoms with van der Waals surface area (Å²) in [6.07, 6.45) is 4.15. The van der Waals surface area contributed by atoms with Gasteiger partial charge in [0.15, 0.2) is 0 Å². The quantitative estimate of drug-likeness (QED) is 0.737. The van der Waals surface area contributed by atoms with Gasteiger partial charge in [0.1, 0.15) is 5.82 Å². The van der Waals surface area contributed by atoms with E-state index < -0.39 is 0 Å². The Morgan fingerprint density at radius 2 is 1.58 bits per heavy atom. The maximum atomic E-state index is 14.0. The van der Waals surface area contributed by atoms with Crippen molar-refractivity contribution in [2.75, 3.05) is 45.8 Å². The van der Waals surface area contributed by atoms with Crippen molar-refractivity contribution in [2.24, 2.45) is 0 Å². The topological polar surface area (TPSA) is 43.9 Å². The monoisotopic (exact) mass is 423 g/mol. The summed E-state index contributed by atoms with van der Waals surface area (Å²) >= 11 is 0. The fourth-order valence-corrected chi connectivity index (χ4v) is 4.42. The number of halogens is 1. The van der Waals surface area contributed by atoms with Crippen LogP contribution >= 0.6 is 0 Å². The normalized spacial score (nSPS) is 18.2. The highest BCUT2D eigenvalue weighted by Crippen LogP contribution is 2.23. The lowest BCUT2D eigenvalue weighted by Gasteiger charge is -2.29. The molecule has 2 aromatic rings. The van der Waals surface area contributed by atoms with Crippen LogP contribution in [0.5, 0.6) is 0 Å². The molecule has 0 atom stereocenters. The van der Waals surface area contributed by atoms with E-state index in [4.69, 9.17) is 0 Å². The Morgan fingerprint density at radius 1 is 0.839 bits per heavy atom. The van der Waals surface area contributed by atoms with Crippen LogP contribution in [0.2, 0.25) is 0 Å². The van der Waals surface area contributed by atoms with Gasteiger partial charge in [-0.1, -0.05) is 36.8 Å². The third-order valence-electron chi connectivity index (χ3n) is 6.33. The van der Waals surface area contributed by atoms with E-state index in [1.54, 1.807) is 47.4 Å². The molecule has 2 heterocycles. The number of nitrogens with zero attached hydrogens (tertiary/aromatic N) is 3. The molecule has 0 saturated carbocycles. The number of likely N-dealkylation sites (tertiary alicyclic amines) is 1. The van der Waals surface area contributed by atoms with Crippen LogP contribution in [0.1, 0.15) is 36.0 Å². The first kappa shape index (κ1) is 21.5. The molecular formula is C25H30FN3O2. The molecule has 2 aliphatic heterocycles. The first-order valence-corrected chi connectivity index (χ1v) is 11.3. The Balaban J connectivity index is 1.35. The Bertz CT molecular complexity index is 909. The number of hydrogen-bond donors (Lipinski definition) is 0. The summed E-state index contributed by atoms with van der Waals surface area (Å²) in [4.78, 5) is 31.7. The smallest absolute Gasteiger partial charge is 0.253 e. The maximum Gasteiger partial charge on any atom is 0.253 e. The number of hydrogen-bond acceptors (Lipinski definition) is 3. The maximum absolute atomic E-state index is 14.0. The number of carbonyl (C=O) groups is 2. The van der Waals surface area contributed by atoms with E-state index in [0.29, 0.717) is 37.2 Å². The van der Waals surface area contributed by atoms with E-state index in [-0.39, 0.29) is 17.6 Å². The molecule has 0 bridgehead atoms. The van der Waals surface area contributed by atoms with Crippen LogP contribution < -0.4 is 0 Å². The van der Waals surface area contributed by atoms with E-state index in [0.717, 1.165) is 31.7 Å². The molecule has 0 aromatic heterocycles. The molecule has 31 heavy (non-hydrogen) atoms. The highest BCUT2D eigenvalue weighted by molar-refractivity contribution is 5.95. The number of amides is 2. The molecule has 5 nitrogen and oxygen atoms in total. The van der Waals surface area contributed by atoms with E-state index in [1.165, 1.54) is 25.3 Å². The fourth-order valence-electron chi connectivity index (χ4n) is 4.42. The highest BCUT2D eigenvalue weighted by Gasteiger charge is 2.25. The minimum absolute atomic E-state index is 0.0780. The van der Waals surface area contributed by atoms with Crippen LogP contribution in [0.25, 0.3) is 11.1 Å². The molecular weight excluding hydrogens is 393 g/mol. The molecule has 0 aliphatic carbocycles. The summed E-state index contributed by atoms with van der Waals surface area (Å²) in [6, 6.07) is 13.6. The molecule has 2 aliphatic rings. The van der Waals surface area contributed by atoms with Gasteiger partial charge in [0, 0.05) is 50.3 Å². The lowest BCUT2D eigenvalue weighted by molar-refractivity contribution is -0.130. The van der Waals surface area contributed by atoms with Crippen LogP contribution in [0.3, 0.4) is 0 Å². The summed E-state index contributed by atoms with van der Waals surface area (Å²) in [6.45, 7) is 5.44. The summed E-state index contributed by atoms with van der Waals surface area (Å²) < 4.78 is 14.0. The SMILES string of the molecule is O=C1CCN(C(=O)c2ccc(-c3ccccc3F)cc2)CCN1CCN1CCCCC1. The van der Waals surface area contributed by atoms with Gasteiger partial charge in [-0.2, -0.15) is 0 Å². The van der Waals surface area contributed by atoms with Crippen molar-refractivity contribution in [3.63, 3.8) is 0 Å². The lowest BCUT2D eigenvalue weighted by atomic mass is 10.0. The molecule has 2 amide bonds. The van der Waals surface area contributed by atoms with Gasteiger partial charge in [0.2, 0.25) is 5.91 Å². The largest absolute Gasteiger partial charge is 0.340 e. The van der Waals surface area contributed by atoms with Crippen molar-refractivity contribution in [3.8, 4) is 11.1 Å². The Labute approximate surface area is 183 Å². The second kappa shape index (κ2) is 10.1. The minimum Gasteiger partial charge on any atom is -0.340 e. The van der Waals surface area contributed by atoms with Crippen LogP contribution in [-0.4, -0.2) is 72.3 Å². The number of piperidine rings is 1. The summed E-state index contributed by atoms with van der Waals surface area (Å²) in [5, 5.41) is 0. The molecule has 6 heteroatoms. The van der Waals surface area contributed by atoms with Crippen molar-refractivity contribution in [2.45, 2.75) is 25.7 Å². The standard InChI is InChI=1S/C25H30FN3O2/c26-23-7-3-2-6-22(23)20-8-10-21(11-9-20)25(31)29-15-12-24(30)28(18-19-29)17-16-27-13-4-1-5-14-27/h2-3,6-11H,1,4-5,12-19H2. The predicted molar refractivity (Wildman–Crippen MR) is 119 cm³/mol. The van der Waals surface area contributed by atoms with Crippen molar-refractivity contribution in [3.05, 3.63) is 59.9 Å². The van der Waals surface area contributed by atoms with Crippen LogP contribution in [0, 0.1) is 5.82 Å². The first-order chi connectivity index (χ1) is 15.1. The Hall–Kier alpha value is -2.73. The zero-order valence-corrected chi connectivity index (χ0v) is 17.9. The molecule has 0 radical (unpaired) electrons. The molecule has 2 fully saturated rings. The Morgan fingerprint density at radius 3 is 2.32 bits per heavy atom. The van der Waals surface area contributed by atoms with Crippen molar-refractivity contribution in [1.29, 1.82) is 0 Å². The summed E-state index contributed by atoms with van der Waals surface area (Å²) in [5.41, 5.74) is 1.82. The molecule has 4 rings (SSSR count). The second-order valence-electron chi connectivity index (χ2n) is 8.38. The van der Waals surface area contributed by atoms with E-state index >= 15 is 0 Å². The fraction of sp³-hybridized carbons (Fsp3) is 0.440. The number of carbonyl (C=O) groups excluding carboxylic acids is 2. The van der Waals surface area contributed by atoms with Gasteiger partial charge in [-0.15, -0.1) is 0 Å². The second-order valence-corrected chi connectivity index (χ2v) is 8.38. The molecule has 2 aromatic carbocycles. The zero-order chi connectivity index (χ0) is 21.6. The molecule has 0 spiro atoms. The van der Waals surface area contributed by atoms with Crippen LogP contribution in [0.15, 0.2) is 48.5 Å². The van der Waals surface area contributed by atoms with Gasteiger partial charge in [0.25, 0.3) is 5.91 Å².